The number of benzene rings is 1. The van der Waals surface area contributed by atoms with Crippen LogP contribution in [0.2, 0.25) is 0 Å². The van der Waals surface area contributed by atoms with E-state index < -0.39 is 0 Å². The molecule has 1 aliphatic heterocycles. The van der Waals surface area contributed by atoms with E-state index in [-0.39, 0.29) is 12.0 Å². The minimum absolute atomic E-state index is 0.00187. The fourth-order valence-electron chi connectivity index (χ4n) is 2.27. The van der Waals surface area contributed by atoms with Crippen molar-refractivity contribution in [2.45, 2.75) is 6.10 Å². The van der Waals surface area contributed by atoms with Crippen LogP contribution in [-0.4, -0.2) is 30.5 Å². The van der Waals surface area contributed by atoms with Gasteiger partial charge in [-0.2, -0.15) is 0 Å². The van der Waals surface area contributed by atoms with Gasteiger partial charge in [0.2, 0.25) is 0 Å². The Bertz CT molecular complexity index is 536. The number of rotatable bonds is 2. The summed E-state index contributed by atoms with van der Waals surface area (Å²) in [5, 5.41) is 0. The van der Waals surface area contributed by atoms with E-state index in [4.69, 9.17) is 9.15 Å². The Hall–Kier alpha value is -2.07. The summed E-state index contributed by atoms with van der Waals surface area (Å²) in [7, 11) is 0. The van der Waals surface area contributed by atoms with Crippen LogP contribution in [0.15, 0.2) is 53.3 Å². The highest BCUT2D eigenvalue weighted by Gasteiger charge is 2.26. The predicted octanol–water partition coefficient (Wildman–Crippen LogP) is 2.49. The summed E-state index contributed by atoms with van der Waals surface area (Å²) in [4.78, 5) is 14.1. The molecule has 1 fully saturated rings. The van der Waals surface area contributed by atoms with Crippen LogP contribution in [0.25, 0.3) is 0 Å². The number of hydrogen-bond acceptors (Lipinski definition) is 3. The Labute approximate surface area is 111 Å². The molecule has 1 aliphatic rings. The maximum atomic E-state index is 12.2. The smallest absolute Gasteiger partial charge is 0.257 e. The Morgan fingerprint density at radius 1 is 1.21 bits per heavy atom. The van der Waals surface area contributed by atoms with Gasteiger partial charge < -0.3 is 14.1 Å². The first-order valence-electron chi connectivity index (χ1n) is 6.32. The molecule has 2 heterocycles. The Balaban J connectivity index is 1.73. The number of ether oxygens (including phenoxy) is 1. The van der Waals surface area contributed by atoms with Crippen molar-refractivity contribution in [3.63, 3.8) is 0 Å². The fraction of sp³-hybridized carbons (Fsp3) is 0.267. The lowest BCUT2D eigenvalue weighted by atomic mass is 10.1. The first kappa shape index (κ1) is 12.0. The summed E-state index contributed by atoms with van der Waals surface area (Å²) in [6.07, 6.45) is 2.95. The number of carbonyl (C=O) groups is 1. The molecule has 0 radical (unpaired) electrons. The summed E-state index contributed by atoms with van der Waals surface area (Å²) >= 11 is 0. The van der Waals surface area contributed by atoms with Crippen LogP contribution in [0.4, 0.5) is 0 Å². The molecule has 4 nitrogen and oxygen atoms in total. The third-order valence-electron chi connectivity index (χ3n) is 3.29. The van der Waals surface area contributed by atoms with Crippen molar-refractivity contribution in [1.29, 1.82) is 0 Å². The monoisotopic (exact) mass is 257 g/mol. The molecule has 0 N–H and O–H groups in total. The number of amides is 1. The van der Waals surface area contributed by atoms with Crippen LogP contribution in [0.5, 0.6) is 0 Å². The van der Waals surface area contributed by atoms with E-state index >= 15 is 0 Å². The van der Waals surface area contributed by atoms with E-state index in [9.17, 15) is 4.79 Å². The summed E-state index contributed by atoms with van der Waals surface area (Å²) in [6.45, 7) is 1.75. The summed E-state index contributed by atoms with van der Waals surface area (Å²) < 4.78 is 10.7. The van der Waals surface area contributed by atoms with Crippen molar-refractivity contribution < 1.29 is 13.9 Å². The molecular formula is C15H15NO3. The zero-order valence-corrected chi connectivity index (χ0v) is 10.5. The molecule has 0 spiro atoms. The number of morpholine rings is 1. The lowest BCUT2D eigenvalue weighted by Crippen LogP contribution is -2.42. The normalized spacial score (nSPS) is 19.4. The topological polar surface area (TPSA) is 42.7 Å². The molecule has 0 bridgehead atoms. The third-order valence-corrected chi connectivity index (χ3v) is 3.29. The molecule has 19 heavy (non-hydrogen) atoms. The second-order valence-electron chi connectivity index (χ2n) is 4.53. The molecular weight excluding hydrogens is 242 g/mol. The lowest BCUT2D eigenvalue weighted by molar-refractivity contribution is -0.0228. The van der Waals surface area contributed by atoms with E-state index in [1.165, 1.54) is 12.5 Å². The Morgan fingerprint density at radius 2 is 2.05 bits per heavy atom. The third kappa shape index (κ3) is 2.53. The van der Waals surface area contributed by atoms with Gasteiger partial charge in [0, 0.05) is 6.54 Å². The Morgan fingerprint density at radius 3 is 2.79 bits per heavy atom. The van der Waals surface area contributed by atoms with Crippen molar-refractivity contribution in [3.05, 3.63) is 60.1 Å². The average molecular weight is 257 g/mol. The van der Waals surface area contributed by atoms with Gasteiger partial charge in [0.15, 0.2) is 0 Å². The maximum absolute atomic E-state index is 12.2. The summed E-state index contributed by atoms with van der Waals surface area (Å²) in [6, 6.07) is 11.7. The van der Waals surface area contributed by atoms with E-state index in [1.807, 2.05) is 35.2 Å². The highest BCUT2D eigenvalue weighted by Crippen LogP contribution is 2.23. The molecule has 2 aromatic rings. The molecule has 98 valence electrons. The molecule has 1 amide bonds. The zero-order chi connectivity index (χ0) is 13.1. The molecule has 0 saturated carbocycles. The molecule has 0 aliphatic carbocycles. The van der Waals surface area contributed by atoms with Crippen LogP contribution < -0.4 is 0 Å². The van der Waals surface area contributed by atoms with Crippen LogP contribution >= 0.6 is 0 Å². The van der Waals surface area contributed by atoms with Crippen molar-refractivity contribution in [3.8, 4) is 0 Å². The second kappa shape index (κ2) is 5.28. The number of carbonyl (C=O) groups excluding carboxylic acids is 1. The van der Waals surface area contributed by atoms with E-state index in [1.54, 1.807) is 6.07 Å². The molecule has 3 rings (SSSR count). The minimum Gasteiger partial charge on any atom is -0.472 e. The first-order valence-corrected chi connectivity index (χ1v) is 6.32. The van der Waals surface area contributed by atoms with Gasteiger partial charge in [-0.15, -0.1) is 0 Å². The van der Waals surface area contributed by atoms with Crippen molar-refractivity contribution >= 4 is 5.91 Å². The van der Waals surface area contributed by atoms with E-state index in [2.05, 4.69) is 0 Å². The van der Waals surface area contributed by atoms with Crippen molar-refractivity contribution in [2.24, 2.45) is 0 Å². The van der Waals surface area contributed by atoms with E-state index in [0.29, 0.717) is 25.3 Å². The average Bonchev–Trinajstić information content (AvgIpc) is 3.02. The highest BCUT2D eigenvalue weighted by molar-refractivity contribution is 5.93. The quantitative estimate of drug-likeness (QED) is 0.830. The van der Waals surface area contributed by atoms with Crippen molar-refractivity contribution in [2.75, 3.05) is 19.7 Å². The van der Waals surface area contributed by atoms with Gasteiger partial charge in [-0.05, 0) is 11.6 Å². The number of hydrogen-bond donors (Lipinski definition) is 0. The number of nitrogens with zero attached hydrogens (tertiary/aromatic N) is 1. The van der Waals surface area contributed by atoms with Crippen LogP contribution in [-0.2, 0) is 4.74 Å². The minimum atomic E-state index is -0.0502. The zero-order valence-electron chi connectivity index (χ0n) is 10.5. The molecule has 1 aromatic heterocycles. The molecule has 1 atom stereocenters. The standard InChI is InChI=1S/C15H15NO3/c17-15(13-6-8-18-11-13)16-7-9-19-14(10-16)12-4-2-1-3-5-12/h1-6,8,11,14H,7,9-10H2. The van der Waals surface area contributed by atoms with Crippen LogP contribution in [0.3, 0.4) is 0 Å². The fourth-order valence-corrected chi connectivity index (χ4v) is 2.27. The lowest BCUT2D eigenvalue weighted by Gasteiger charge is -2.33. The second-order valence-corrected chi connectivity index (χ2v) is 4.53. The molecule has 1 unspecified atom stereocenters. The van der Waals surface area contributed by atoms with Gasteiger partial charge >= 0.3 is 0 Å². The van der Waals surface area contributed by atoms with Gasteiger partial charge in [-0.1, -0.05) is 30.3 Å². The van der Waals surface area contributed by atoms with Gasteiger partial charge in [0.05, 0.1) is 25.0 Å². The first-order chi connectivity index (χ1) is 9.34. The van der Waals surface area contributed by atoms with Crippen LogP contribution in [0.1, 0.15) is 22.0 Å². The van der Waals surface area contributed by atoms with Crippen LogP contribution in [0, 0.1) is 0 Å². The van der Waals surface area contributed by atoms with Gasteiger partial charge in [-0.25, -0.2) is 0 Å². The van der Waals surface area contributed by atoms with E-state index in [0.717, 1.165) is 5.56 Å². The SMILES string of the molecule is O=C(c1ccoc1)N1CCOC(c2ccccc2)C1. The maximum Gasteiger partial charge on any atom is 0.257 e. The number of furan rings is 1. The van der Waals surface area contributed by atoms with Crippen molar-refractivity contribution in [1.82, 2.24) is 4.90 Å². The van der Waals surface area contributed by atoms with Gasteiger partial charge in [-0.3, -0.25) is 4.79 Å². The summed E-state index contributed by atoms with van der Waals surface area (Å²) in [5.41, 5.74) is 1.70. The predicted molar refractivity (Wildman–Crippen MR) is 69.7 cm³/mol. The molecule has 4 heteroatoms. The molecule has 1 aromatic carbocycles. The molecule has 1 saturated heterocycles. The Kier molecular flexibility index (Phi) is 3.33. The highest BCUT2D eigenvalue weighted by atomic mass is 16.5. The summed E-state index contributed by atoms with van der Waals surface area (Å²) in [5.74, 6) is -0.00187. The largest absolute Gasteiger partial charge is 0.472 e. The van der Waals surface area contributed by atoms with Gasteiger partial charge in [0.1, 0.15) is 12.4 Å². The van der Waals surface area contributed by atoms with Gasteiger partial charge in [0.25, 0.3) is 5.91 Å².